The normalized spacial score (nSPS) is 37.5. The third-order valence-corrected chi connectivity index (χ3v) is 5.39. The molecule has 0 amide bonds. The van der Waals surface area contributed by atoms with Crippen molar-refractivity contribution in [1.82, 2.24) is 15.1 Å². The fourth-order valence-corrected chi connectivity index (χ4v) is 4.16. The van der Waals surface area contributed by atoms with E-state index >= 15 is 0 Å². The van der Waals surface area contributed by atoms with Crippen molar-refractivity contribution in [3.63, 3.8) is 0 Å². The summed E-state index contributed by atoms with van der Waals surface area (Å²) in [7, 11) is 2.23. The number of rotatable bonds is 5. The fourth-order valence-electron chi connectivity index (χ4n) is 4.16. The highest BCUT2D eigenvalue weighted by molar-refractivity contribution is 4.93. The average molecular weight is 251 g/mol. The Morgan fingerprint density at radius 3 is 2.56 bits per heavy atom. The van der Waals surface area contributed by atoms with E-state index in [1.165, 1.54) is 71.4 Å². The molecule has 104 valence electrons. The lowest BCUT2D eigenvalue weighted by molar-refractivity contribution is 0.152. The molecule has 0 spiro atoms. The molecule has 3 aliphatic rings. The van der Waals surface area contributed by atoms with Crippen molar-refractivity contribution in [3.8, 4) is 0 Å². The molecule has 0 radical (unpaired) electrons. The molecule has 3 heteroatoms. The van der Waals surface area contributed by atoms with E-state index in [4.69, 9.17) is 0 Å². The zero-order valence-corrected chi connectivity index (χ0v) is 11.9. The van der Waals surface area contributed by atoms with Crippen molar-refractivity contribution < 1.29 is 0 Å². The summed E-state index contributed by atoms with van der Waals surface area (Å²) in [5, 5.41) is 3.82. The minimum atomic E-state index is 0.872. The van der Waals surface area contributed by atoms with Gasteiger partial charge in [-0.25, -0.2) is 0 Å². The summed E-state index contributed by atoms with van der Waals surface area (Å²) in [6.07, 6.45) is 7.35. The van der Waals surface area contributed by atoms with Gasteiger partial charge in [0.15, 0.2) is 0 Å². The maximum absolute atomic E-state index is 3.82. The molecule has 1 heterocycles. The largest absolute Gasteiger partial charge is 0.314 e. The van der Waals surface area contributed by atoms with Crippen LogP contribution in [0.5, 0.6) is 0 Å². The first-order valence-electron chi connectivity index (χ1n) is 7.95. The van der Waals surface area contributed by atoms with Crippen molar-refractivity contribution in [2.24, 2.45) is 11.8 Å². The number of hydrogen-bond acceptors (Lipinski definition) is 3. The van der Waals surface area contributed by atoms with Crippen LogP contribution < -0.4 is 5.32 Å². The molecule has 0 aromatic heterocycles. The van der Waals surface area contributed by atoms with Crippen LogP contribution in [0.2, 0.25) is 0 Å². The number of hydrogen-bond donors (Lipinski definition) is 1. The van der Waals surface area contributed by atoms with E-state index < -0.39 is 0 Å². The summed E-state index contributed by atoms with van der Waals surface area (Å²) in [6, 6.07) is 0.872. The van der Waals surface area contributed by atoms with Gasteiger partial charge in [-0.3, -0.25) is 0 Å². The van der Waals surface area contributed by atoms with Crippen molar-refractivity contribution in [2.75, 3.05) is 46.3 Å². The lowest BCUT2D eigenvalue weighted by Crippen LogP contribution is -2.45. The van der Waals surface area contributed by atoms with Crippen LogP contribution in [0.3, 0.4) is 0 Å². The second-order valence-electron chi connectivity index (χ2n) is 6.73. The van der Waals surface area contributed by atoms with E-state index in [2.05, 4.69) is 22.2 Å². The zero-order valence-electron chi connectivity index (χ0n) is 11.9. The van der Waals surface area contributed by atoms with Gasteiger partial charge in [0.25, 0.3) is 0 Å². The Morgan fingerprint density at radius 1 is 1.06 bits per heavy atom. The monoisotopic (exact) mass is 251 g/mol. The Hall–Kier alpha value is -0.120. The molecule has 1 saturated heterocycles. The van der Waals surface area contributed by atoms with Crippen molar-refractivity contribution in [2.45, 2.75) is 38.1 Å². The highest BCUT2D eigenvalue weighted by Crippen LogP contribution is 2.44. The first-order valence-corrected chi connectivity index (χ1v) is 7.95. The van der Waals surface area contributed by atoms with Gasteiger partial charge in [0.2, 0.25) is 0 Å². The number of nitrogens with one attached hydrogen (secondary N) is 1. The van der Waals surface area contributed by atoms with Gasteiger partial charge >= 0.3 is 0 Å². The van der Waals surface area contributed by atoms with Gasteiger partial charge in [0.1, 0.15) is 0 Å². The first-order chi connectivity index (χ1) is 8.81. The number of nitrogens with zero attached hydrogens (tertiary/aromatic N) is 2. The van der Waals surface area contributed by atoms with E-state index in [0.717, 1.165) is 17.9 Å². The predicted molar refractivity (Wildman–Crippen MR) is 75.8 cm³/mol. The van der Waals surface area contributed by atoms with Crippen LogP contribution in [0.25, 0.3) is 0 Å². The summed E-state index contributed by atoms with van der Waals surface area (Å²) in [5.41, 5.74) is 0. The Kier molecular flexibility index (Phi) is 4.22. The van der Waals surface area contributed by atoms with Crippen LogP contribution in [-0.2, 0) is 0 Å². The summed E-state index contributed by atoms with van der Waals surface area (Å²) >= 11 is 0. The first kappa shape index (κ1) is 12.9. The SMILES string of the molecule is CN1CCN(CCCNC2CC3CCC2C3)CC1. The maximum atomic E-state index is 3.82. The smallest absolute Gasteiger partial charge is 0.0110 e. The molecule has 0 aromatic carbocycles. The average Bonchev–Trinajstić information content (AvgIpc) is 2.99. The number of fused-ring (bicyclic) bond motifs is 2. The second-order valence-corrected chi connectivity index (χ2v) is 6.73. The third-order valence-electron chi connectivity index (χ3n) is 5.39. The molecule has 1 aliphatic heterocycles. The molecule has 3 atom stereocenters. The standard InChI is InChI=1S/C15H29N3/c1-17-7-9-18(10-8-17)6-2-5-16-15-12-13-3-4-14(15)11-13/h13-16H,2-12H2,1H3. The van der Waals surface area contributed by atoms with Crippen LogP contribution in [0, 0.1) is 11.8 Å². The van der Waals surface area contributed by atoms with E-state index in [1.54, 1.807) is 0 Å². The van der Waals surface area contributed by atoms with E-state index in [0.29, 0.717) is 0 Å². The molecule has 2 saturated carbocycles. The lowest BCUT2D eigenvalue weighted by atomic mass is 9.95. The maximum Gasteiger partial charge on any atom is 0.0110 e. The van der Waals surface area contributed by atoms with Gasteiger partial charge in [-0.05, 0) is 57.7 Å². The van der Waals surface area contributed by atoms with Crippen LogP contribution in [0.1, 0.15) is 32.1 Å². The van der Waals surface area contributed by atoms with Gasteiger partial charge in [-0.1, -0.05) is 6.42 Å². The van der Waals surface area contributed by atoms with Crippen molar-refractivity contribution >= 4 is 0 Å². The van der Waals surface area contributed by atoms with Gasteiger partial charge < -0.3 is 15.1 Å². The minimum absolute atomic E-state index is 0.872. The van der Waals surface area contributed by atoms with E-state index in [-0.39, 0.29) is 0 Å². The summed E-state index contributed by atoms with van der Waals surface area (Å²) in [4.78, 5) is 5.06. The molecule has 1 N–H and O–H groups in total. The Labute approximate surface area is 112 Å². The number of piperazine rings is 1. The van der Waals surface area contributed by atoms with Crippen molar-refractivity contribution in [3.05, 3.63) is 0 Å². The third kappa shape index (κ3) is 3.06. The van der Waals surface area contributed by atoms with Crippen LogP contribution >= 0.6 is 0 Å². The molecule has 2 aliphatic carbocycles. The van der Waals surface area contributed by atoms with E-state index in [9.17, 15) is 0 Å². The number of likely N-dealkylation sites (N-methyl/N-ethyl adjacent to an activating group) is 1. The molecular formula is C15H29N3. The quantitative estimate of drug-likeness (QED) is 0.745. The van der Waals surface area contributed by atoms with Crippen LogP contribution in [-0.4, -0.2) is 62.2 Å². The second kappa shape index (κ2) is 5.89. The molecule has 3 fully saturated rings. The van der Waals surface area contributed by atoms with Crippen LogP contribution in [0.15, 0.2) is 0 Å². The van der Waals surface area contributed by atoms with Crippen molar-refractivity contribution in [1.29, 1.82) is 0 Å². The fraction of sp³-hybridized carbons (Fsp3) is 1.00. The molecule has 2 bridgehead atoms. The van der Waals surface area contributed by atoms with E-state index in [1.807, 2.05) is 0 Å². The highest BCUT2D eigenvalue weighted by atomic mass is 15.2. The molecule has 0 aromatic rings. The van der Waals surface area contributed by atoms with Gasteiger partial charge in [0.05, 0.1) is 0 Å². The van der Waals surface area contributed by atoms with Gasteiger partial charge in [-0.2, -0.15) is 0 Å². The summed E-state index contributed by atoms with van der Waals surface area (Å²) in [5.74, 6) is 2.10. The van der Waals surface area contributed by atoms with Gasteiger partial charge in [0, 0.05) is 32.2 Å². The Bertz CT molecular complexity index is 260. The molecule has 3 nitrogen and oxygen atoms in total. The molecule has 3 rings (SSSR count). The summed E-state index contributed by atoms with van der Waals surface area (Å²) in [6.45, 7) is 7.57. The highest BCUT2D eigenvalue weighted by Gasteiger charge is 2.38. The topological polar surface area (TPSA) is 18.5 Å². The zero-order chi connectivity index (χ0) is 12.4. The van der Waals surface area contributed by atoms with Gasteiger partial charge in [-0.15, -0.1) is 0 Å². The summed E-state index contributed by atoms with van der Waals surface area (Å²) < 4.78 is 0. The molecular weight excluding hydrogens is 222 g/mol. The Balaban J connectivity index is 1.27. The molecule has 18 heavy (non-hydrogen) atoms. The lowest BCUT2D eigenvalue weighted by Gasteiger charge is -2.32. The predicted octanol–water partition coefficient (Wildman–Crippen LogP) is 1.40. The molecule has 3 unspecified atom stereocenters. The Morgan fingerprint density at radius 2 is 1.89 bits per heavy atom. The van der Waals surface area contributed by atoms with Crippen LogP contribution in [0.4, 0.5) is 0 Å². The minimum Gasteiger partial charge on any atom is -0.314 e.